The van der Waals surface area contributed by atoms with Crippen molar-refractivity contribution in [2.24, 2.45) is 0 Å². The Balaban J connectivity index is 3.39. The van der Waals surface area contributed by atoms with Crippen molar-refractivity contribution in [3.05, 3.63) is 34.1 Å². The maximum atomic E-state index is 14.0. The van der Waals surface area contributed by atoms with Crippen molar-refractivity contribution in [1.29, 1.82) is 0 Å². The molecule has 1 amide bonds. The third-order valence-corrected chi connectivity index (χ3v) is 3.94. The Morgan fingerprint density at radius 1 is 1.47 bits per heavy atom. The summed E-state index contributed by atoms with van der Waals surface area (Å²) in [5.41, 5.74) is -2.49. The van der Waals surface area contributed by atoms with Gasteiger partial charge in [0.1, 0.15) is 11.7 Å². The van der Waals surface area contributed by atoms with E-state index in [0.717, 1.165) is 0 Å². The lowest BCUT2D eigenvalue weighted by Gasteiger charge is -2.41. The highest BCUT2D eigenvalue weighted by Gasteiger charge is 2.44. The van der Waals surface area contributed by atoms with Crippen LogP contribution in [0, 0.1) is 5.82 Å². The first-order valence-electron chi connectivity index (χ1n) is 5.66. The Morgan fingerprint density at radius 2 is 2.05 bits per heavy atom. The molecule has 3 nitrogen and oxygen atoms in total. The number of benzene rings is 1. The van der Waals surface area contributed by atoms with Gasteiger partial charge in [-0.05, 0) is 39.0 Å². The first-order valence-corrected chi connectivity index (χ1v) is 6.99. The molecular formula is C13H16BrClFNO2. The average Bonchev–Trinajstić information content (AvgIpc) is 2.30. The molecule has 1 atom stereocenters. The van der Waals surface area contributed by atoms with Gasteiger partial charge in [-0.1, -0.05) is 15.9 Å². The Labute approximate surface area is 125 Å². The van der Waals surface area contributed by atoms with Crippen molar-refractivity contribution < 1.29 is 14.3 Å². The molecule has 0 unspecified atom stereocenters. The minimum absolute atomic E-state index is 0.188. The normalized spacial score (nSPS) is 14.9. The van der Waals surface area contributed by atoms with Crippen LogP contribution < -0.4 is 5.32 Å². The lowest BCUT2D eigenvalue weighted by atomic mass is 9.77. The van der Waals surface area contributed by atoms with E-state index in [0.29, 0.717) is 4.47 Å². The van der Waals surface area contributed by atoms with Gasteiger partial charge in [0.25, 0.3) is 0 Å². The predicted molar refractivity (Wildman–Crippen MR) is 76.6 cm³/mol. The van der Waals surface area contributed by atoms with Gasteiger partial charge in [0.05, 0.1) is 11.1 Å². The molecule has 6 heteroatoms. The SMILES string of the molecule is CC(C)(O)[C@](C)(NC(=O)CCl)c1cc(Br)ccc1F. The van der Waals surface area contributed by atoms with Crippen molar-refractivity contribution in [3.8, 4) is 0 Å². The third kappa shape index (κ3) is 3.46. The highest BCUT2D eigenvalue weighted by atomic mass is 79.9. The second-order valence-electron chi connectivity index (χ2n) is 4.99. The number of carbonyl (C=O) groups excluding carboxylic acids is 1. The number of nitrogens with one attached hydrogen (secondary N) is 1. The second-order valence-corrected chi connectivity index (χ2v) is 6.17. The monoisotopic (exact) mass is 351 g/mol. The summed E-state index contributed by atoms with van der Waals surface area (Å²) >= 11 is 8.72. The van der Waals surface area contributed by atoms with E-state index < -0.39 is 22.9 Å². The van der Waals surface area contributed by atoms with Crippen LogP contribution in [-0.2, 0) is 10.3 Å². The van der Waals surface area contributed by atoms with Crippen LogP contribution in [0.3, 0.4) is 0 Å². The van der Waals surface area contributed by atoms with E-state index in [2.05, 4.69) is 21.2 Å². The fraction of sp³-hybridized carbons (Fsp3) is 0.462. The molecule has 19 heavy (non-hydrogen) atoms. The van der Waals surface area contributed by atoms with Crippen LogP contribution >= 0.6 is 27.5 Å². The predicted octanol–water partition coefficient (Wildman–Crippen LogP) is 2.93. The van der Waals surface area contributed by atoms with Gasteiger partial charge in [0.2, 0.25) is 5.91 Å². The molecule has 1 aromatic rings. The van der Waals surface area contributed by atoms with Crippen LogP contribution in [-0.4, -0.2) is 22.5 Å². The summed E-state index contributed by atoms with van der Waals surface area (Å²) in [6.07, 6.45) is 0. The van der Waals surface area contributed by atoms with E-state index in [9.17, 15) is 14.3 Å². The van der Waals surface area contributed by atoms with Crippen molar-refractivity contribution in [1.82, 2.24) is 5.32 Å². The Hall–Kier alpha value is -0.650. The third-order valence-electron chi connectivity index (χ3n) is 3.20. The summed E-state index contributed by atoms with van der Waals surface area (Å²) in [6, 6.07) is 4.35. The number of halogens is 3. The smallest absolute Gasteiger partial charge is 0.235 e. The average molecular weight is 353 g/mol. The molecule has 0 fully saturated rings. The van der Waals surface area contributed by atoms with Crippen molar-refractivity contribution in [3.63, 3.8) is 0 Å². The van der Waals surface area contributed by atoms with E-state index in [1.165, 1.54) is 26.0 Å². The van der Waals surface area contributed by atoms with Gasteiger partial charge in [0.15, 0.2) is 0 Å². The first kappa shape index (κ1) is 16.4. The van der Waals surface area contributed by atoms with Gasteiger partial charge in [-0.25, -0.2) is 4.39 Å². The quantitative estimate of drug-likeness (QED) is 0.819. The topological polar surface area (TPSA) is 49.3 Å². The van der Waals surface area contributed by atoms with Crippen LogP contribution in [0.1, 0.15) is 26.3 Å². The van der Waals surface area contributed by atoms with Crippen LogP contribution in [0.5, 0.6) is 0 Å². The summed E-state index contributed by atoms with van der Waals surface area (Å²) in [5.74, 6) is -1.25. The fourth-order valence-corrected chi connectivity index (χ4v) is 2.17. The molecule has 0 radical (unpaired) electrons. The minimum atomic E-state index is -1.38. The summed E-state index contributed by atoms with van der Waals surface area (Å²) < 4.78 is 14.7. The van der Waals surface area contributed by atoms with Gasteiger partial charge in [-0.15, -0.1) is 11.6 Å². The summed E-state index contributed by atoms with van der Waals surface area (Å²) in [4.78, 5) is 11.6. The van der Waals surface area contributed by atoms with Crippen molar-refractivity contribution >= 4 is 33.4 Å². The van der Waals surface area contributed by atoms with Crippen LogP contribution in [0.4, 0.5) is 4.39 Å². The van der Waals surface area contributed by atoms with Crippen LogP contribution in [0.15, 0.2) is 22.7 Å². The van der Waals surface area contributed by atoms with Gasteiger partial charge in [-0.2, -0.15) is 0 Å². The zero-order chi connectivity index (χ0) is 14.8. The lowest BCUT2D eigenvalue weighted by Crippen LogP contribution is -2.58. The fourth-order valence-electron chi connectivity index (χ4n) is 1.74. The van der Waals surface area contributed by atoms with Gasteiger partial charge in [-0.3, -0.25) is 4.79 Å². The molecule has 0 saturated heterocycles. The summed E-state index contributed by atoms with van der Waals surface area (Å²) in [7, 11) is 0. The molecule has 1 rings (SSSR count). The second kappa shape index (κ2) is 5.77. The first-order chi connectivity index (χ1) is 8.61. The standard InChI is InChI=1S/C13H16BrClFNO2/c1-12(2,19)13(3,17-11(18)7-15)9-6-8(14)4-5-10(9)16/h4-6,19H,7H2,1-3H3,(H,17,18)/t13-/m1/s1. The Morgan fingerprint density at radius 3 is 2.53 bits per heavy atom. The molecule has 0 aliphatic heterocycles. The molecular weight excluding hydrogens is 337 g/mol. The summed E-state index contributed by atoms with van der Waals surface area (Å²) in [5, 5.41) is 12.9. The molecule has 1 aromatic carbocycles. The molecule has 0 bridgehead atoms. The number of rotatable bonds is 4. The van der Waals surface area contributed by atoms with Crippen molar-refractivity contribution in [2.75, 3.05) is 5.88 Å². The van der Waals surface area contributed by atoms with Gasteiger partial charge >= 0.3 is 0 Å². The molecule has 106 valence electrons. The van der Waals surface area contributed by atoms with Gasteiger partial charge < -0.3 is 10.4 Å². The number of amides is 1. The summed E-state index contributed by atoms with van der Waals surface area (Å²) in [6.45, 7) is 4.56. The van der Waals surface area contributed by atoms with Crippen LogP contribution in [0.2, 0.25) is 0 Å². The van der Waals surface area contributed by atoms with E-state index in [1.54, 1.807) is 13.0 Å². The minimum Gasteiger partial charge on any atom is -0.388 e. The zero-order valence-electron chi connectivity index (χ0n) is 10.9. The molecule has 0 saturated carbocycles. The Bertz CT molecular complexity index is 490. The van der Waals surface area contributed by atoms with E-state index in [4.69, 9.17) is 11.6 Å². The molecule has 2 N–H and O–H groups in total. The van der Waals surface area contributed by atoms with E-state index in [1.807, 2.05) is 0 Å². The van der Waals surface area contributed by atoms with Gasteiger partial charge in [0, 0.05) is 10.0 Å². The number of hydrogen-bond acceptors (Lipinski definition) is 2. The highest BCUT2D eigenvalue weighted by Crippen LogP contribution is 2.35. The largest absolute Gasteiger partial charge is 0.388 e. The lowest BCUT2D eigenvalue weighted by molar-refractivity contribution is -0.124. The number of alkyl halides is 1. The van der Waals surface area contributed by atoms with Crippen LogP contribution in [0.25, 0.3) is 0 Å². The Kier molecular flexibility index (Phi) is 4.98. The number of carbonyl (C=O) groups is 1. The molecule has 0 aliphatic rings. The van der Waals surface area contributed by atoms with Crippen molar-refractivity contribution in [2.45, 2.75) is 31.9 Å². The molecule has 0 aromatic heterocycles. The number of aliphatic hydroxyl groups is 1. The van der Waals surface area contributed by atoms with E-state index >= 15 is 0 Å². The van der Waals surface area contributed by atoms with E-state index in [-0.39, 0.29) is 11.4 Å². The zero-order valence-corrected chi connectivity index (χ0v) is 13.3. The maximum absolute atomic E-state index is 14.0. The molecule has 0 spiro atoms. The highest BCUT2D eigenvalue weighted by molar-refractivity contribution is 9.10. The molecule has 0 aliphatic carbocycles. The number of hydrogen-bond donors (Lipinski definition) is 2. The molecule has 0 heterocycles. The maximum Gasteiger partial charge on any atom is 0.235 e.